The monoisotopic (exact) mass is 348 g/mol. The van der Waals surface area contributed by atoms with Crippen LogP contribution in [-0.2, 0) is 10.0 Å². The Balaban J connectivity index is 1.87. The molecular weight excluding hydrogens is 336 g/mol. The van der Waals surface area contributed by atoms with Crippen molar-refractivity contribution >= 4 is 27.3 Å². The number of oxazole rings is 1. The molecule has 0 aliphatic carbocycles. The zero-order valence-corrected chi connectivity index (χ0v) is 13.6. The molecule has 0 fully saturated rings. The number of hydrogen-bond donors (Lipinski definition) is 1. The van der Waals surface area contributed by atoms with Gasteiger partial charge in [0, 0.05) is 0 Å². The summed E-state index contributed by atoms with van der Waals surface area (Å²) in [6, 6.07) is 11.3. The summed E-state index contributed by atoms with van der Waals surface area (Å²) in [5, 5.41) is 1.86. The van der Waals surface area contributed by atoms with Gasteiger partial charge in [-0.25, -0.2) is 18.1 Å². The number of aryl methyl sites for hydroxylation is 1. The molecule has 0 unspecified atom stereocenters. The number of nitrogens with one attached hydrogen (secondary N) is 1. The van der Waals surface area contributed by atoms with E-state index in [1.54, 1.807) is 31.2 Å². The molecule has 3 rings (SSSR count). The Morgan fingerprint density at radius 1 is 1.17 bits per heavy atom. The van der Waals surface area contributed by atoms with E-state index in [1.165, 1.54) is 23.5 Å². The molecule has 8 heteroatoms. The maximum atomic E-state index is 12.2. The van der Waals surface area contributed by atoms with Crippen LogP contribution in [0.2, 0.25) is 0 Å². The Labute approximate surface area is 136 Å². The number of amides is 1. The molecule has 23 heavy (non-hydrogen) atoms. The van der Waals surface area contributed by atoms with Gasteiger partial charge < -0.3 is 4.42 Å². The summed E-state index contributed by atoms with van der Waals surface area (Å²) in [6.07, 6.45) is 0. The van der Waals surface area contributed by atoms with E-state index in [1.807, 2.05) is 16.2 Å². The number of sulfonamides is 1. The molecule has 0 atom stereocenters. The molecule has 1 aromatic carbocycles. The molecule has 1 N–H and O–H groups in total. The number of aromatic nitrogens is 1. The van der Waals surface area contributed by atoms with Crippen LogP contribution in [0, 0.1) is 6.92 Å². The smallest absolute Gasteiger partial charge is 0.287 e. The quantitative estimate of drug-likeness (QED) is 0.783. The van der Waals surface area contributed by atoms with Crippen LogP contribution < -0.4 is 4.72 Å². The van der Waals surface area contributed by atoms with Crippen LogP contribution >= 0.6 is 11.3 Å². The molecule has 0 spiro atoms. The average molecular weight is 348 g/mol. The molecule has 0 bridgehead atoms. The van der Waals surface area contributed by atoms with Crippen LogP contribution in [0.3, 0.4) is 0 Å². The van der Waals surface area contributed by atoms with Gasteiger partial charge in [-0.05, 0) is 30.5 Å². The maximum Gasteiger partial charge on any atom is 0.287 e. The highest BCUT2D eigenvalue weighted by molar-refractivity contribution is 7.90. The Hall–Kier alpha value is -2.45. The van der Waals surface area contributed by atoms with Crippen molar-refractivity contribution in [3.63, 3.8) is 0 Å². The minimum atomic E-state index is -3.95. The number of rotatable bonds is 4. The Morgan fingerprint density at radius 2 is 1.91 bits per heavy atom. The SMILES string of the molecule is Cc1oc(-c2cccs2)nc1C(=O)NS(=O)(=O)c1ccccc1. The van der Waals surface area contributed by atoms with Crippen LogP contribution in [0.25, 0.3) is 10.8 Å². The van der Waals surface area contributed by atoms with Gasteiger partial charge in [-0.15, -0.1) is 11.3 Å². The van der Waals surface area contributed by atoms with E-state index in [0.29, 0.717) is 5.89 Å². The van der Waals surface area contributed by atoms with Gasteiger partial charge in [0.05, 0.1) is 9.77 Å². The van der Waals surface area contributed by atoms with Crippen molar-refractivity contribution in [2.75, 3.05) is 0 Å². The number of carbonyl (C=O) groups is 1. The van der Waals surface area contributed by atoms with Crippen molar-refractivity contribution in [1.29, 1.82) is 0 Å². The molecule has 0 saturated carbocycles. The molecule has 1 amide bonds. The fourth-order valence-electron chi connectivity index (χ4n) is 1.94. The molecule has 0 radical (unpaired) electrons. The lowest BCUT2D eigenvalue weighted by atomic mass is 10.3. The number of benzene rings is 1. The first-order valence-corrected chi connectivity index (χ1v) is 8.97. The van der Waals surface area contributed by atoms with Gasteiger partial charge >= 0.3 is 0 Å². The van der Waals surface area contributed by atoms with Crippen LogP contribution in [0.4, 0.5) is 0 Å². The first-order chi connectivity index (χ1) is 11.0. The second kappa shape index (κ2) is 5.98. The zero-order valence-electron chi connectivity index (χ0n) is 12.0. The highest BCUT2D eigenvalue weighted by atomic mass is 32.2. The average Bonchev–Trinajstić information content (AvgIpc) is 3.17. The summed E-state index contributed by atoms with van der Waals surface area (Å²) in [6.45, 7) is 1.56. The fraction of sp³-hybridized carbons (Fsp3) is 0.0667. The minimum absolute atomic E-state index is 0.00739. The van der Waals surface area contributed by atoms with Crippen molar-refractivity contribution in [3.05, 3.63) is 59.3 Å². The Kier molecular flexibility index (Phi) is 4.01. The zero-order chi connectivity index (χ0) is 16.4. The predicted octanol–water partition coefficient (Wildman–Crippen LogP) is 2.83. The van der Waals surface area contributed by atoms with Crippen LogP contribution in [0.1, 0.15) is 16.2 Å². The summed E-state index contributed by atoms with van der Waals surface area (Å²) in [5.74, 6) is -0.271. The predicted molar refractivity (Wildman–Crippen MR) is 85.6 cm³/mol. The van der Waals surface area contributed by atoms with E-state index < -0.39 is 15.9 Å². The van der Waals surface area contributed by atoms with Crippen molar-refractivity contribution in [3.8, 4) is 10.8 Å². The summed E-state index contributed by atoms with van der Waals surface area (Å²) < 4.78 is 31.8. The lowest BCUT2D eigenvalue weighted by Crippen LogP contribution is -2.31. The van der Waals surface area contributed by atoms with Crippen LogP contribution in [-0.4, -0.2) is 19.3 Å². The number of hydrogen-bond acceptors (Lipinski definition) is 6. The first kappa shape index (κ1) is 15.4. The largest absolute Gasteiger partial charge is 0.440 e. The number of nitrogens with zero attached hydrogens (tertiary/aromatic N) is 1. The summed E-state index contributed by atoms with van der Waals surface area (Å²) in [7, 11) is -3.95. The van der Waals surface area contributed by atoms with E-state index in [2.05, 4.69) is 4.98 Å². The van der Waals surface area contributed by atoms with Crippen LogP contribution in [0.5, 0.6) is 0 Å². The molecule has 0 aliphatic rings. The van der Waals surface area contributed by atoms with Gasteiger partial charge in [-0.2, -0.15) is 0 Å². The van der Waals surface area contributed by atoms with Crippen molar-refractivity contribution < 1.29 is 17.6 Å². The molecule has 118 valence electrons. The fourth-order valence-corrected chi connectivity index (χ4v) is 3.56. The van der Waals surface area contributed by atoms with Crippen molar-refractivity contribution in [2.24, 2.45) is 0 Å². The molecule has 3 aromatic rings. The van der Waals surface area contributed by atoms with Gasteiger partial charge in [0.2, 0.25) is 5.89 Å². The third-order valence-electron chi connectivity index (χ3n) is 3.02. The van der Waals surface area contributed by atoms with Crippen LogP contribution in [0.15, 0.2) is 57.2 Å². The van der Waals surface area contributed by atoms with Crippen molar-refractivity contribution in [1.82, 2.24) is 9.71 Å². The third kappa shape index (κ3) is 3.17. The van der Waals surface area contributed by atoms with E-state index >= 15 is 0 Å². The molecule has 6 nitrogen and oxygen atoms in total. The molecular formula is C15H12N2O4S2. The van der Waals surface area contributed by atoms with Gasteiger partial charge in [0.1, 0.15) is 5.76 Å². The van der Waals surface area contributed by atoms with E-state index in [4.69, 9.17) is 4.42 Å². The Morgan fingerprint density at radius 3 is 2.57 bits per heavy atom. The maximum absolute atomic E-state index is 12.2. The lowest BCUT2D eigenvalue weighted by molar-refractivity contribution is 0.0975. The topological polar surface area (TPSA) is 89.3 Å². The van der Waals surface area contributed by atoms with E-state index in [-0.39, 0.29) is 16.3 Å². The highest BCUT2D eigenvalue weighted by Gasteiger charge is 2.24. The number of thiophene rings is 1. The molecule has 0 aliphatic heterocycles. The second-order valence-corrected chi connectivity index (χ2v) is 7.28. The second-order valence-electron chi connectivity index (χ2n) is 4.65. The van der Waals surface area contributed by atoms with Gasteiger partial charge in [-0.3, -0.25) is 4.79 Å². The van der Waals surface area contributed by atoms with Gasteiger partial charge in [0.15, 0.2) is 5.69 Å². The lowest BCUT2D eigenvalue weighted by Gasteiger charge is -2.05. The summed E-state index contributed by atoms with van der Waals surface area (Å²) in [5.41, 5.74) is -0.0482. The first-order valence-electron chi connectivity index (χ1n) is 6.61. The molecule has 0 saturated heterocycles. The molecule has 2 aromatic heterocycles. The third-order valence-corrected chi connectivity index (χ3v) is 5.23. The van der Waals surface area contributed by atoms with E-state index in [0.717, 1.165) is 4.88 Å². The van der Waals surface area contributed by atoms with E-state index in [9.17, 15) is 13.2 Å². The standard InChI is InChI=1S/C15H12N2O4S2/c1-10-13(16-15(21-10)12-8-5-9-22-12)14(18)17-23(19,20)11-6-3-2-4-7-11/h2-9H,1H3,(H,17,18). The van der Waals surface area contributed by atoms with Gasteiger partial charge in [-0.1, -0.05) is 24.3 Å². The van der Waals surface area contributed by atoms with Crippen molar-refractivity contribution in [2.45, 2.75) is 11.8 Å². The summed E-state index contributed by atoms with van der Waals surface area (Å²) >= 11 is 1.41. The normalized spacial score (nSPS) is 11.3. The summed E-state index contributed by atoms with van der Waals surface area (Å²) in [4.78, 5) is 17.1. The Bertz CT molecular complexity index is 929. The minimum Gasteiger partial charge on any atom is -0.440 e. The number of carbonyl (C=O) groups excluding carboxylic acids is 1. The molecule has 2 heterocycles. The highest BCUT2D eigenvalue weighted by Crippen LogP contribution is 2.26. The van der Waals surface area contributed by atoms with Gasteiger partial charge in [0.25, 0.3) is 15.9 Å².